The molecule has 1 aliphatic heterocycles. The summed E-state index contributed by atoms with van der Waals surface area (Å²) in [5.74, 6) is -0.105. The van der Waals surface area contributed by atoms with Crippen LogP contribution in [-0.2, 0) is 16.6 Å². The number of aromatic nitrogens is 3. The molecule has 3 aromatic rings. The minimum atomic E-state index is -0.137. The van der Waals surface area contributed by atoms with Crippen molar-refractivity contribution < 1.29 is 9.59 Å². The molecule has 2 fully saturated rings. The van der Waals surface area contributed by atoms with Crippen molar-refractivity contribution >= 4 is 17.5 Å². The Balaban J connectivity index is 1.31. The minimum Gasteiger partial charge on any atom is -0.350 e. The zero-order valence-corrected chi connectivity index (χ0v) is 20.2. The highest BCUT2D eigenvalue weighted by atomic mass is 16.2. The number of carbonyl (C=O) groups excluding carboxylic acids is 2. The third kappa shape index (κ3) is 5.07. The van der Waals surface area contributed by atoms with Crippen LogP contribution in [0.4, 0.5) is 0 Å². The van der Waals surface area contributed by atoms with E-state index in [0.29, 0.717) is 30.1 Å². The van der Waals surface area contributed by atoms with Gasteiger partial charge in [0, 0.05) is 49.7 Å². The molecule has 0 aromatic carbocycles. The molecule has 1 atom stereocenters. The average molecular weight is 475 g/mol. The van der Waals surface area contributed by atoms with Crippen LogP contribution in [0.2, 0.25) is 0 Å². The number of hydrogen-bond donors (Lipinski definition) is 2. The Kier molecular flexibility index (Phi) is 6.81. The standard InChI is InChI=1S/C27H34N6O2/c28-21-8-6-14-32(17-21)25(34)15-22-18-33-23(9-4-10-24(33)31-22)26(35)30-19-27(11-2-1-3-12-27)20-7-5-13-29-16-20/h4-5,7,9-10,13,16,18,21H,1-3,6,8,11-12,14-15,17,19,28H2,(H,30,35)/t21-/m1/s1. The van der Waals surface area contributed by atoms with Gasteiger partial charge in [-0.05, 0) is 49.4 Å². The van der Waals surface area contributed by atoms with Crippen LogP contribution >= 0.6 is 0 Å². The molecule has 2 amide bonds. The van der Waals surface area contributed by atoms with Gasteiger partial charge in [-0.15, -0.1) is 0 Å². The molecule has 1 saturated heterocycles. The number of likely N-dealkylation sites (tertiary alicyclic amines) is 1. The van der Waals surface area contributed by atoms with Gasteiger partial charge in [-0.2, -0.15) is 0 Å². The Hall–Kier alpha value is -3.26. The Morgan fingerprint density at radius 3 is 2.74 bits per heavy atom. The minimum absolute atomic E-state index is 0.0327. The summed E-state index contributed by atoms with van der Waals surface area (Å²) >= 11 is 0. The molecule has 8 nitrogen and oxygen atoms in total. The summed E-state index contributed by atoms with van der Waals surface area (Å²) in [4.78, 5) is 36.9. The van der Waals surface area contributed by atoms with Crippen LogP contribution in [0.15, 0.2) is 48.9 Å². The maximum atomic E-state index is 13.3. The first-order valence-electron chi connectivity index (χ1n) is 12.7. The first-order valence-corrected chi connectivity index (χ1v) is 12.7. The fourth-order valence-electron chi connectivity index (χ4n) is 5.65. The molecule has 184 valence electrons. The lowest BCUT2D eigenvalue weighted by Gasteiger charge is -2.37. The predicted molar refractivity (Wildman–Crippen MR) is 134 cm³/mol. The summed E-state index contributed by atoms with van der Waals surface area (Å²) in [5.41, 5.74) is 8.99. The third-order valence-electron chi connectivity index (χ3n) is 7.59. The van der Waals surface area contributed by atoms with E-state index in [1.54, 1.807) is 16.7 Å². The van der Waals surface area contributed by atoms with E-state index in [4.69, 9.17) is 5.73 Å². The van der Waals surface area contributed by atoms with Crippen LogP contribution in [0, 0.1) is 0 Å². The second-order valence-electron chi connectivity index (χ2n) is 10.1. The maximum Gasteiger partial charge on any atom is 0.268 e. The van der Waals surface area contributed by atoms with Crippen molar-refractivity contribution in [2.24, 2.45) is 5.73 Å². The molecule has 8 heteroatoms. The van der Waals surface area contributed by atoms with E-state index in [2.05, 4.69) is 21.4 Å². The van der Waals surface area contributed by atoms with Crippen molar-refractivity contribution in [3.8, 4) is 0 Å². The highest BCUT2D eigenvalue weighted by Gasteiger charge is 2.34. The van der Waals surface area contributed by atoms with Crippen molar-refractivity contribution in [3.63, 3.8) is 0 Å². The number of nitrogens with two attached hydrogens (primary N) is 1. The predicted octanol–water partition coefficient (Wildman–Crippen LogP) is 2.85. The van der Waals surface area contributed by atoms with E-state index in [1.165, 1.54) is 12.0 Å². The highest BCUT2D eigenvalue weighted by Crippen LogP contribution is 2.38. The van der Waals surface area contributed by atoms with Gasteiger partial charge in [0.15, 0.2) is 0 Å². The summed E-state index contributed by atoms with van der Waals surface area (Å²) in [6.45, 7) is 1.91. The molecule has 3 N–H and O–H groups in total. The molecule has 0 spiro atoms. The average Bonchev–Trinajstić information content (AvgIpc) is 3.31. The topological polar surface area (TPSA) is 106 Å². The zero-order valence-electron chi connectivity index (χ0n) is 20.2. The molecule has 5 rings (SSSR count). The van der Waals surface area contributed by atoms with Gasteiger partial charge in [-0.25, -0.2) is 4.98 Å². The summed E-state index contributed by atoms with van der Waals surface area (Å²) < 4.78 is 1.79. The Morgan fingerprint density at radius 1 is 1.11 bits per heavy atom. The van der Waals surface area contributed by atoms with Gasteiger partial charge in [0.2, 0.25) is 5.91 Å². The molecule has 1 aliphatic carbocycles. The second kappa shape index (κ2) is 10.2. The molecule has 1 saturated carbocycles. The van der Waals surface area contributed by atoms with E-state index in [-0.39, 0.29) is 29.7 Å². The molecule has 2 aliphatic rings. The van der Waals surface area contributed by atoms with Crippen molar-refractivity contribution in [1.29, 1.82) is 0 Å². The lowest BCUT2D eigenvalue weighted by Crippen LogP contribution is -2.46. The van der Waals surface area contributed by atoms with Gasteiger partial charge in [0.1, 0.15) is 11.3 Å². The number of amides is 2. The van der Waals surface area contributed by atoms with E-state index < -0.39 is 0 Å². The molecule has 0 bridgehead atoms. The monoisotopic (exact) mass is 474 g/mol. The number of pyridine rings is 2. The number of nitrogens with zero attached hydrogens (tertiary/aromatic N) is 4. The zero-order chi connectivity index (χ0) is 24.3. The van der Waals surface area contributed by atoms with Gasteiger partial charge >= 0.3 is 0 Å². The number of piperidine rings is 1. The Morgan fingerprint density at radius 2 is 1.97 bits per heavy atom. The molecule has 3 aromatic heterocycles. The highest BCUT2D eigenvalue weighted by molar-refractivity contribution is 5.93. The van der Waals surface area contributed by atoms with Crippen LogP contribution in [0.25, 0.3) is 5.65 Å². The summed E-state index contributed by atoms with van der Waals surface area (Å²) in [5, 5.41) is 3.20. The van der Waals surface area contributed by atoms with Gasteiger partial charge in [-0.1, -0.05) is 31.4 Å². The summed E-state index contributed by atoms with van der Waals surface area (Å²) in [6, 6.07) is 9.64. The first-order chi connectivity index (χ1) is 17.0. The molecule has 35 heavy (non-hydrogen) atoms. The lowest BCUT2D eigenvalue weighted by molar-refractivity contribution is -0.131. The van der Waals surface area contributed by atoms with E-state index in [9.17, 15) is 9.59 Å². The Labute approximate surface area is 205 Å². The molecular formula is C27H34N6O2. The van der Waals surface area contributed by atoms with Gasteiger partial charge < -0.3 is 16.0 Å². The van der Waals surface area contributed by atoms with Crippen molar-refractivity contribution in [3.05, 3.63) is 65.9 Å². The number of imidazole rings is 1. The summed E-state index contributed by atoms with van der Waals surface area (Å²) in [7, 11) is 0. The SMILES string of the molecule is N[C@@H]1CCCN(C(=O)Cc2cn3c(C(=O)NCC4(c5cccnc5)CCCCC4)cccc3n2)C1. The fraction of sp³-hybridized carbons (Fsp3) is 0.481. The van der Waals surface area contributed by atoms with Gasteiger partial charge in [0.25, 0.3) is 5.91 Å². The number of rotatable bonds is 6. The van der Waals surface area contributed by atoms with Crippen LogP contribution < -0.4 is 11.1 Å². The van der Waals surface area contributed by atoms with Gasteiger partial charge in [-0.3, -0.25) is 19.0 Å². The molecule has 0 radical (unpaired) electrons. The number of hydrogen-bond acceptors (Lipinski definition) is 5. The molecule has 4 heterocycles. The van der Waals surface area contributed by atoms with Crippen LogP contribution in [-0.4, -0.2) is 56.8 Å². The van der Waals surface area contributed by atoms with Crippen LogP contribution in [0.1, 0.15) is 66.7 Å². The molecule has 0 unspecified atom stereocenters. The normalized spacial score (nSPS) is 20.0. The van der Waals surface area contributed by atoms with E-state index in [0.717, 1.165) is 45.1 Å². The molecular weight excluding hydrogens is 440 g/mol. The van der Waals surface area contributed by atoms with E-state index in [1.807, 2.05) is 35.5 Å². The van der Waals surface area contributed by atoms with E-state index >= 15 is 0 Å². The largest absolute Gasteiger partial charge is 0.350 e. The van der Waals surface area contributed by atoms with Crippen molar-refractivity contribution in [1.82, 2.24) is 24.6 Å². The summed E-state index contributed by atoms with van der Waals surface area (Å²) in [6.07, 6.45) is 13.3. The smallest absolute Gasteiger partial charge is 0.268 e. The number of fused-ring (bicyclic) bond motifs is 1. The van der Waals surface area contributed by atoms with Crippen LogP contribution in [0.5, 0.6) is 0 Å². The fourth-order valence-corrected chi connectivity index (χ4v) is 5.65. The van der Waals surface area contributed by atoms with Crippen molar-refractivity contribution in [2.75, 3.05) is 19.6 Å². The Bertz CT molecular complexity index is 1180. The second-order valence-corrected chi connectivity index (χ2v) is 10.1. The lowest BCUT2D eigenvalue weighted by atomic mass is 9.70. The number of carbonyl (C=O) groups is 2. The third-order valence-corrected chi connectivity index (χ3v) is 7.59. The quantitative estimate of drug-likeness (QED) is 0.572. The van der Waals surface area contributed by atoms with Crippen LogP contribution in [0.3, 0.4) is 0 Å². The first kappa shape index (κ1) is 23.5. The van der Waals surface area contributed by atoms with Crippen molar-refractivity contribution in [2.45, 2.75) is 62.8 Å². The number of nitrogens with one attached hydrogen (secondary N) is 1. The maximum absolute atomic E-state index is 13.3. The van der Waals surface area contributed by atoms with Gasteiger partial charge in [0.05, 0.1) is 12.1 Å².